The molecular formula is C21H28N2O4S. The van der Waals surface area contributed by atoms with E-state index in [1.54, 1.807) is 12.1 Å². The molecule has 0 heterocycles. The molecule has 7 heteroatoms. The summed E-state index contributed by atoms with van der Waals surface area (Å²) in [4.78, 5) is 12.5. The van der Waals surface area contributed by atoms with Crippen molar-refractivity contribution in [2.24, 2.45) is 0 Å². The number of hydrogen-bond acceptors (Lipinski definition) is 4. The molecule has 0 bridgehead atoms. The summed E-state index contributed by atoms with van der Waals surface area (Å²) in [6, 6.07) is 12.8. The standard InChI is InChI=1S/C21H28N2O4S/c1-15-10-8-11-19(18(15)4)23(28(5,25)26)13-21(24)22-17(3)14-27-20-12-7-6-9-16(20)2/h6-12,17H,13-14H2,1-5H3,(H,22,24)/t17-/m0/s1. The van der Waals surface area contributed by atoms with Crippen LogP contribution in [0.4, 0.5) is 5.69 Å². The molecule has 0 radical (unpaired) electrons. The van der Waals surface area contributed by atoms with E-state index in [0.717, 1.165) is 33.0 Å². The van der Waals surface area contributed by atoms with E-state index in [9.17, 15) is 13.2 Å². The van der Waals surface area contributed by atoms with Gasteiger partial charge in [0.15, 0.2) is 0 Å². The number of aryl methyl sites for hydroxylation is 2. The van der Waals surface area contributed by atoms with Gasteiger partial charge >= 0.3 is 0 Å². The minimum Gasteiger partial charge on any atom is -0.491 e. The van der Waals surface area contributed by atoms with Gasteiger partial charge in [0.05, 0.1) is 18.0 Å². The second kappa shape index (κ2) is 9.10. The lowest BCUT2D eigenvalue weighted by Crippen LogP contribution is -2.45. The van der Waals surface area contributed by atoms with Gasteiger partial charge in [0, 0.05) is 0 Å². The van der Waals surface area contributed by atoms with Crippen molar-refractivity contribution in [3.63, 3.8) is 0 Å². The van der Waals surface area contributed by atoms with Crippen LogP contribution >= 0.6 is 0 Å². The average molecular weight is 405 g/mol. The van der Waals surface area contributed by atoms with E-state index in [1.807, 2.05) is 58.0 Å². The van der Waals surface area contributed by atoms with Crippen LogP contribution in [0.1, 0.15) is 23.6 Å². The quantitative estimate of drug-likeness (QED) is 0.734. The number of para-hydroxylation sites is 1. The zero-order chi connectivity index (χ0) is 20.9. The Kier molecular flexibility index (Phi) is 7.07. The molecule has 0 saturated carbocycles. The number of anilines is 1. The normalized spacial score (nSPS) is 12.3. The Morgan fingerprint density at radius 1 is 1.07 bits per heavy atom. The molecule has 0 aliphatic rings. The van der Waals surface area contributed by atoms with Gasteiger partial charge in [0.25, 0.3) is 0 Å². The fourth-order valence-corrected chi connectivity index (χ4v) is 3.72. The van der Waals surface area contributed by atoms with E-state index in [-0.39, 0.29) is 18.5 Å². The summed E-state index contributed by atoms with van der Waals surface area (Å²) < 4.78 is 31.5. The van der Waals surface area contributed by atoms with E-state index in [4.69, 9.17) is 4.74 Å². The molecule has 0 unspecified atom stereocenters. The molecule has 2 aromatic carbocycles. The fourth-order valence-electron chi connectivity index (χ4n) is 2.81. The minimum absolute atomic E-state index is 0.271. The zero-order valence-corrected chi connectivity index (χ0v) is 17.8. The molecular weight excluding hydrogens is 376 g/mol. The monoisotopic (exact) mass is 404 g/mol. The Labute approximate surface area is 167 Å². The van der Waals surface area contributed by atoms with Crippen molar-refractivity contribution in [3.05, 3.63) is 59.2 Å². The maximum atomic E-state index is 12.5. The summed E-state index contributed by atoms with van der Waals surface area (Å²) in [7, 11) is -3.61. The molecule has 6 nitrogen and oxygen atoms in total. The minimum atomic E-state index is -3.61. The first-order valence-corrected chi connectivity index (χ1v) is 11.0. The van der Waals surface area contributed by atoms with Crippen LogP contribution in [0.5, 0.6) is 5.75 Å². The van der Waals surface area contributed by atoms with Crippen molar-refractivity contribution in [1.29, 1.82) is 0 Å². The Morgan fingerprint density at radius 3 is 2.36 bits per heavy atom. The molecule has 0 aromatic heterocycles. The van der Waals surface area contributed by atoms with Crippen molar-refractivity contribution in [1.82, 2.24) is 5.32 Å². The predicted molar refractivity (Wildman–Crippen MR) is 112 cm³/mol. The van der Waals surface area contributed by atoms with Crippen LogP contribution in [0.3, 0.4) is 0 Å². The van der Waals surface area contributed by atoms with E-state index in [2.05, 4.69) is 5.32 Å². The lowest BCUT2D eigenvalue weighted by molar-refractivity contribution is -0.120. The van der Waals surface area contributed by atoms with Crippen molar-refractivity contribution in [2.75, 3.05) is 23.7 Å². The number of carbonyl (C=O) groups excluding carboxylic acids is 1. The molecule has 1 N–H and O–H groups in total. The molecule has 28 heavy (non-hydrogen) atoms. The van der Waals surface area contributed by atoms with Gasteiger partial charge in [-0.05, 0) is 56.5 Å². The largest absolute Gasteiger partial charge is 0.491 e. The number of rotatable bonds is 8. The molecule has 1 amide bonds. The van der Waals surface area contributed by atoms with Crippen molar-refractivity contribution < 1.29 is 17.9 Å². The van der Waals surface area contributed by atoms with Crippen LogP contribution in [0.25, 0.3) is 0 Å². The molecule has 0 aliphatic heterocycles. The van der Waals surface area contributed by atoms with Crippen molar-refractivity contribution >= 4 is 21.6 Å². The third-order valence-electron chi connectivity index (χ3n) is 4.52. The van der Waals surface area contributed by atoms with Gasteiger partial charge in [-0.25, -0.2) is 8.42 Å². The average Bonchev–Trinajstić information content (AvgIpc) is 2.61. The highest BCUT2D eigenvalue weighted by molar-refractivity contribution is 7.92. The number of nitrogens with zero attached hydrogens (tertiary/aromatic N) is 1. The Morgan fingerprint density at radius 2 is 1.71 bits per heavy atom. The van der Waals surface area contributed by atoms with Crippen LogP contribution < -0.4 is 14.4 Å². The maximum absolute atomic E-state index is 12.5. The van der Waals surface area contributed by atoms with Gasteiger partial charge in [-0.2, -0.15) is 0 Å². The fraction of sp³-hybridized carbons (Fsp3) is 0.381. The lowest BCUT2D eigenvalue weighted by atomic mass is 10.1. The molecule has 152 valence electrons. The summed E-state index contributed by atoms with van der Waals surface area (Å²) in [6.45, 7) is 7.53. The van der Waals surface area contributed by atoms with Gasteiger partial charge in [-0.1, -0.05) is 30.3 Å². The Balaban J connectivity index is 2.04. The highest BCUT2D eigenvalue weighted by Gasteiger charge is 2.23. The van der Waals surface area contributed by atoms with E-state index in [1.165, 1.54) is 0 Å². The topological polar surface area (TPSA) is 75.7 Å². The smallest absolute Gasteiger partial charge is 0.241 e. The predicted octanol–water partition coefficient (Wildman–Crippen LogP) is 2.96. The second-order valence-corrected chi connectivity index (χ2v) is 8.94. The number of benzene rings is 2. The molecule has 2 rings (SSSR count). The third-order valence-corrected chi connectivity index (χ3v) is 5.65. The summed E-state index contributed by atoms with van der Waals surface area (Å²) in [5.74, 6) is 0.379. The summed E-state index contributed by atoms with van der Waals surface area (Å²) in [5, 5.41) is 2.81. The number of ether oxygens (including phenoxy) is 1. The maximum Gasteiger partial charge on any atom is 0.241 e. The molecule has 0 fully saturated rings. The van der Waals surface area contributed by atoms with Gasteiger partial charge in [0.2, 0.25) is 15.9 Å². The molecule has 2 aromatic rings. The first kappa shape index (κ1) is 21.8. The van der Waals surface area contributed by atoms with Crippen LogP contribution in [0, 0.1) is 20.8 Å². The summed E-state index contributed by atoms with van der Waals surface area (Å²) >= 11 is 0. The first-order valence-electron chi connectivity index (χ1n) is 9.11. The SMILES string of the molecule is Cc1ccccc1OC[C@H](C)NC(=O)CN(c1cccc(C)c1C)S(C)(=O)=O. The number of sulfonamides is 1. The van der Waals surface area contributed by atoms with Crippen molar-refractivity contribution in [2.45, 2.75) is 33.7 Å². The number of amides is 1. The summed E-state index contributed by atoms with van der Waals surface area (Å²) in [6.07, 6.45) is 1.10. The van der Waals surface area contributed by atoms with E-state index >= 15 is 0 Å². The van der Waals surface area contributed by atoms with Crippen LogP contribution in [0.2, 0.25) is 0 Å². The van der Waals surface area contributed by atoms with Gasteiger partial charge in [0.1, 0.15) is 18.9 Å². The highest BCUT2D eigenvalue weighted by Crippen LogP contribution is 2.24. The number of hydrogen-bond donors (Lipinski definition) is 1. The summed E-state index contributed by atoms with van der Waals surface area (Å²) in [5.41, 5.74) is 3.32. The van der Waals surface area contributed by atoms with Crippen LogP contribution in [-0.4, -0.2) is 39.8 Å². The molecule has 0 aliphatic carbocycles. The van der Waals surface area contributed by atoms with E-state index in [0.29, 0.717) is 12.3 Å². The lowest BCUT2D eigenvalue weighted by Gasteiger charge is -2.25. The zero-order valence-electron chi connectivity index (χ0n) is 17.0. The number of carbonyl (C=O) groups is 1. The Hall–Kier alpha value is -2.54. The van der Waals surface area contributed by atoms with Crippen LogP contribution in [-0.2, 0) is 14.8 Å². The Bertz CT molecular complexity index is 941. The van der Waals surface area contributed by atoms with Gasteiger partial charge in [-0.3, -0.25) is 9.10 Å². The highest BCUT2D eigenvalue weighted by atomic mass is 32.2. The molecule has 0 spiro atoms. The molecule has 0 saturated heterocycles. The van der Waals surface area contributed by atoms with Crippen LogP contribution in [0.15, 0.2) is 42.5 Å². The van der Waals surface area contributed by atoms with E-state index < -0.39 is 10.0 Å². The molecule has 1 atom stereocenters. The second-order valence-electron chi connectivity index (χ2n) is 7.03. The third kappa shape index (κ3) is 5.73. The van der Waals surface area contributed by atoms with Gasteiger partial charge in [-0.15, -0.1) is 0 Å². The van der Waals surface area contributed by atoms with Crippen molar-refractivity contribution in [3.8, 4) is 5.75 Å². The van der Waals surface area contributed by atoms with Gasteiger partial charge < -0.3 is 10.1 Å². The number of nitrogens with one attached hydrogen (secondary N) is 1. The first-order chi connectivity index (χ1) is 13.1.